The summed E-state index contributed by atoms with van der Waals surface area (Å²) >= 11 is 5.24. The lowest BCUT2D eigenvalue weighted by atomic mass is 10.3. The minimum atomic E-state index is 0.765. The highest BCUT2D eigenvalue weighted by molar-refractivity contribution is 9.10. The Morgan fingerprint density at radius 3 is 2.79 bits per heavy atom. The summed E-state index contributed by atoms with van der Waals surface area (Å²) in [5, 5.41) is 4.38. The molecule has 0 atom stereocenters. The fraction of sp³-hybridized carbons (Fsp3) is 0.308. The van der Waals surface area contributed by atoms with E-state index in [0.29, 0.717) is 0 Å². The van der Waals surface area contributed by atoms with Crippen molar-refractivity contribution in [2.75, 3.05) is 12.8 Å². The Bertz CT molecular complexity index is 598. The number of hydrogen-bond acceptors (Lipinski definition) is 4. The van der Waals surface area contributed by atoms with Gasteiger partial charge in [0.25, 0.3) is 0 Å². The molecule has 0 saturated heterocycles. The van der Waals surface area contributed by atoms with Gasteiger partial charge in [0.1, 0.15) is 5.75 Å². The number of anilines is 1. The minimum absolute atomic E-state index is 0.765. The van der Waals surface area contributed by atoms with Crippen LogP contribution in [-0.4, -0.2) is 16.9 Å². The molecule has 6 heteroatoms. The molecule has 19 heavy (non-hydrogen) atoms. The summed E-state index contributed by atoms with van der Waals surface area (Å²) in [7, 11) is 3.60. The molecule has 102 valence electrons. The Labute approximate surface area is 125 Å². The lowest BCUT2D eigenvalue weighted by Crippen LogP contribution is -1.97. The van der Waals surface area contributed by atoms with Gasteiger partial charge in [-0.25, -0.2) is 0 Å². The van der Waals surface area contributed by atoms with Crippen molar-refractivity contribution in [1.29, 1.82) is 0 Å². The van der Waals surface area contributed by atoms with Gasteiger partial charge in [0, 0.05) is 23.4 Å². The number of rotatable bonds is 4. The molecule has 2 N–H and O–H groups in total. The number of hydrogen-bond donors (Lipinski definition) is 1. The van der Waals surface area contributed by atoms with Gasteiger partial charge in [-0.3, -0.25) is 4.68 Å². The highest BCUT2D eigenvalue weighted by Gasteiger charge is 2.12. The molecule has 0 amide bonds. The van der Waals surface area contributed by atoms with Gasteiger partial charge in [-0.2, -0.15) is 5.10 Å². The first-order valence-corrected chi connectivity index (χ1v) is 7.55. The van der Waals surface area contributed by atoms with Gasteiger partial charge in [-0.1, -0.05) is 0 Å². The first-order valence-electron chi connectivity index (χ1n) is 5.77. The Balaban J connectivity index is 2.18. The molecule has 0 aliphatic carbocycles. The maximum Gasteiger partial charge on any atom is 0.120 e. The number of ether oxygens (including phenoxy) is 1. The van der Waals surface area contributed by atoms with Gasteiger partial charge in [0.15, 0.2) is 0 Å². The number of methoxy groups -OCH3 is 1. The number of thioether (sulfide) groups is 1. The van der Waals surface area contributed by atoms with E-state index in [0.717, 1.165) is 37.9 Å². The molecule has 0 aliphatic heterocycles. The van der Waals surface area contributed by atoms with Gasteiger partial charge < -0.3 is 10.5 Å². The van der Waals surface area contributed by atoms with E-state index in [2.05, 4.69) is 21.0 Å². The molecule has 1 aromatic carbocycles. The molecule has 0 unspecified atom stereocenters. The van der Waals surface area contributed by atoms with Crippen molar-refractivity contribution in [3.8, 4) is 5.75 Å². The average Bonchev–Trinajstić information content (AvgIpc) is 2.63. The molecule has 2 rings (SSSR count). The van der Waals surface area contributed by atoms with Crippen LogP contribution >= 0.6 is 27.7 Å². The number of aryl methyl sites for hydroxylation is 2. The molecular formula is C13H16BrN3OS. The molecule has 2 aromatic rings. The van der Waals surface area contributed by atoms with Gasteiger partial charge in [0.05, 0.1) is 23.0 Å². The van der Waals surface area contributed by atoms with E-state index >= 15 is 0 Å². The fourth-order valence-electron chi connectivity index (χ4n) is 1.75. The summed E-state index contributed by atoms with van der Waals surface area (Å²) in [4.78, 5) is 1.02. The van der Waals surface area contributed by atoms with E-state index in [4.69, 9.17) is 10.5 Å². The van der Waals surface area contributed by atoms with Crippen molar-refractivity contribution in [3.63, 3.8) is 0 Å². The van der Waals surface area contributed by atoms with E-state index in [1.54, 1.807) is 18.9 Å². The van der Waals surface area contributed by atoms with Crippen molar-refractivity contribution < 1.29 is 4.74 Å². The smallest absolute Gasteiger partial charge is 0.120 e. The molecule has 0 spiro atoms. The highest BCUT2D eigenvalue weighted by atomic mass is 79.9. The molecule has 0 fully saturated rings. The Morgan fingerprint density at radius 1 is 1.47 bits per heavy atom. The molecule has 0 aliphatic rings. The van der Waals surface area contributed by atoms with Crippen molar-refractivity contribution in [3.05, 3.63) is 34.1 Å². The normalized spacial score (nSPS) is 10.7. The average molecular weight is 342 g/mol. The summed E-state index contributed by atoms with van der Waals surface area (Å²) in [6.07, 6.45) is 0. The van der Waals surface area contributed by atoms with Crippen LogP contribution in [0.4, 0.5) is 5.69 Å². The van der Waals surface area contributed by atoms with E-state index in [-0.39, 0.29) is 0 Å². The van der Waals surface area contributed by atoms with E-state index in [1.807, 2.05) is 36.9 Å². The highest BCUT2D eigenvalue weighted by Crippen LogP contribution is 2.33. The molecule has 0 bridgehead atoms. The lowest BCUT2D eigenvalue weighted by Gasteiger charge is -2.08. The van der Waals surface area contributed by atoms with Crippen LogP contribution in [0.15, 0.2) is 27.6 Å². The van der Waals surface area contributed by atoms with Crippen LogP contribution in [0, 0.1) is 6.92 Å². The van der Waals surface area contributed by atoms with Crippen LogP contribution in [0.25, 0.3) is 0 Å². The van der Waals surface area contributed by atoms with E-state index < -0.39 is 0 Å². The SMILES string of the molecule is COc1ccc(N)c(SCc2c(Br)c(C)nn2C)c1. The number of nitrogens with zero attached hydrogens (tertiary/aromatic N) is 2. The Morgan fingerprint density at radius 2 is 2.21 bits per heavy atom. The summed E-state index contributed by atoms with van der Waals surface area (Å²) in [6.45, 7) is 1.98. The topological polar surface area (TPSA) is 53.1 Å². The van der Waals surface area contributed by atoms with Gasteiger partial charge in [0.2, 0.25) is 0 Å². The number of nitrogen functional groups attached to an aromatic ring is 1. The van der Waals surface area contributed by atoms with Crippen LogP contribution in [0.5, 0.6) is 5.75 Å². The molecule has 0 radical (unpaired) electrons. The standard InChI is InChI=1S/C13H16BrN3OS/c1-8-13(14)11(17(2)16-8)7-19-12-6-9(18-3)4-5-10(12)15/h4-6H,7,15H2,1-3H3. The van der Waals surface area contributed by atoms with Gasteiger partial charge >= 0.3 is 0 Å². The largest absolute Gasteiger partial charge is 0.497 e. The third-order valence-corrected chi connectivity index (χ3v) is 4.96. The first kappa shape index (κ1) is 14.3. The van der Waals surface area contributed by atoms with Crippen molar-refractivity contribution in [2.24, 2.45) is 7.05 Å². The maximum atomic E-state index is 5.98. The summed E-state index contributed by atoms with van der Waals surface area (Å²) < 4.78 is 8.17. The molecule has 1 aromatic heterocycles. The first-order chi connectivity index (χ1) is 9.02. The van der Waals surface area contributed by atoms with Crippen LogP contribution in [0.3, 0.4) is 0 Å². The number of benzene rings is 1. The van der Waals surface area contributed by atoms with Crippen molar-refractivity contribution in [2.45, 2.75) is 17.6 Å². The monoisotopic (exact) mass is 341 g/mol. The second-order valence-corrected chi connectivity index (χ2v) is 5.97. The predicted octanol–water partition coefficient (Wildman–Crippen LogP) is 3.37. The molecule has 4 nitrogen and oxygen atoms in total. The van der Waals surface area contributed by atoms with Crippen LogP contribution in [0.2, 0.25) is 0 Å². The number of aromatic nitrogens is 2. The zero-order chi connectivity index (χ0) is 14.0. The predicted molar refractivity (Wildman–Crippen MR) is 82.6 cm³/mol. The summed E-state index contributed by atoms with van der Waals surface area (Å²) in [5.74, 6) is 1.62. The molecule has 0 saturated carbocycles. The number of nitrogens with two attached hydrogens (primary N) is 1. The fourth-order valence-corrected chi connectivity index (χ4v) is 3.47. The third-order valence-electron chi connectivity index (χ3n) is 2.85. The lowest BCUT2D eigenvalue weighted by molar-refractivity contribution is 0.414. The van der Waals surface area contributed by atoms with Crippen LogP contribution in [0.1, 0.15) is 11.4 Å². The molecule has 1 heterocycles. The van der Waals surface area contributed by atoms with Crippen LogP contribution in [-0.2, 0) is 12.8 Å². The Kier molecular flexibility index (Phi) is 4.42. The minimum Gasteiger partial charge on any atom is -0.497 e. The van der Waals surface area contributed by atoms with Crippen LogP contribution < -0.4 is 10.5 Å². The van der Waals surface area contributed by atoms with Gasteiger partial charge in [-0.05, 0) is 41.1 Å². The second kappa shape index (κ2) is 5.88. The quantitative estimate of drug-likeness (QED) is 0.684. The zero-order valence-electron chi connectivity index (χ0n) is 11.1. The summed E-state index contributed by atoms with van der Waals surface area (Å²) in [6, 6.07) is 5.69. The van der Waals surface area contributed by atoms with E-state index in [1.165, 1.54) is 0 Å². The molecular weight excluding hydrogens is 326 g/mol. The van der Waals surface area contributed by atoms with E-state index in [9.17, 15) is 0 Å². The second-order valence-electron chi connectivity index (χ2n) is 4.16. The maximum absolute atomic E-state index is 5.98. The third kappa shape index (κ3) is 3.06. The van der Waals surface area contributed by atoms with Crippen molar-refractivity contribution in [1.82, 2.24) is 9.78 Å². The van der Waals surface area contributed by atoms with Crippen molar-refractivity contribution >= 4 is 33.4 Å². The van der Waals surface area contributed by atoms with Gasteiger partial charge in [-0.15, -0.1) is 11.8 Å². The number of halogens is 1. The Hall–Kier alpha value is -1.14. The zero-order valence-corrected chi connectivity index (χ0v) is 13.5. The summed E-state index contributed by atoms with van der Waals surface area (Å²) in [5.41, 5.74) is 8.88.